The molecule has 3 N–H and O–H groups in total. The van der Waals surface area contributed by atoms with Crippen molar-refractivity contribution in [1.82, 2.24) is 0 Å². The van der Waals surface area contributed by atoms with Gasteiger partial charge in [0.2, 0.25) is 0 Å². The summed E-state index contributed by atoms with van der Waals surface area (Å²) >= 11 is 0. The molecule has 2 aliphatic rings. The third-order valence-corrected chi connectivity index (χ3v) is 2.84. The summed E-state index contributed by atoms with van der Waals surface area (Å²) < 4.78 is 11.4. The Morgan fingerprint density at radius 2 is 2.15 bits per heavy atom. The highest BCUT2D eigenvalue weighted by atomic mass is 16.7. The molecule has 3 atom stereocenters. The molecule has 2 rings (SSSR count). The highest BCUT2D eigenvalue weighted by Crippen LogP contribution is 2.43. The largest absolute Gasteiger partial charge is 0.393 e. The summed E-state index contributed by atoms with van der Waals surface area (Å²) in [5.74, 6) is -0.611. The minimum absolute atomic E-state index is 0.00563. The number of rotatable bonds is 1. The van der Waals surface area contributed by atoms with Crippen LogP contribution in [0.15, 0.2) is 0 Å². The molecule has 4 heteroatoms. The lowest BCUT2D eigenvalue weighted by Crippen LogP contribution is -2.49. The summed E-state index contributed by atoms with van der Waals surface area (Å²) in [6.45, 7) is 3.76. The molecular weight excluding hydrogens is 170 g/mol. The van der Waals surface area contributed by atoms with Gasteiger partial charge in [0.1, 0.15) is 0 Å². The molecule has 1 saturated carbocycles. The SMILES string of the molecule is CC1(C)OC2C[C@](CO)(C[C@@H]2N)O1. The molecule has 0 spiro atoms. The maximum atomic E-state index is 9.28. The number of ether oxygens (including phenoxy) is 2. The van der Waals surface area contributed by atoms with E-state index in [0.29, 0.717) is 12.8 Å². The van der Waals surface area contributed by atoms with Gasteiger partial charge in [-0.15, -0.1) is 0 Å². The average Bonchev–Trinajstić information content (AvgIpc) is 2.23. The first-order valence-electron chi connectivity index (χ1n) is 4.71. The van der Waals surface area contributed by atoms with Crippen molar-refractivity contribution in [2.24, 2.45) is 5.73 Å². The first-order chi connectivity index (χ1) is 5.96. The maximum Gasteiger partial charge on any atom is 0.164 e. The molecule has 1 heterocycles. The van der Waals surface area contributed by atoms with Gasteiger partial charge in [0, 0.05) is 12.5 Å². The molecule has 0 amide bonds. The standard InChI is InChI=1S/C9H17NO3/c1-8(2)12-7-4-9(5-11,13-8)3-6(7)10/h6-7,11H,3-5,10H2,1-2H3/t6-,7?,9-/m0/s1. The molecule has 0 radical (unpaired) electrons. The van der Waals surface area contributed by atoms with Crippen LogP contribution in [0.4, 0.5) is 0 Å². The van der Waals surface area contributed by atoms with E-state index >= 15 is 0 Å². The molecule has 0 aromatic rings. The summed E-state index contributed by atoms with van der Waals surface area (Å²) in [6, 6.07) is -0.00563. The first kappa shape index (κ1) is 9.40. The third kappa shape index (κ3) is 1.48. The van der Waals surface area contributed by atoms with Gasteiger partial charge in [-0.1, -0.05) is 0 Å². The van der Waals surface area contributed by atoms with Gasteiger partial charge in [0.25, 0.3) is 0 Å². The van der Waals surface area contributed by atoms with Crippen molar-refractivity contribution in [3.8, 4) is 0 Å². The van der Waals surface area contributed by atoms with Gasteiger partial charge in [-0.05, 0) is 20.3 Å². The molecule has 1 unspecified atom stereocenters. The van der Waals surface area contributed by atoms with E-state index in [1.54, 1.807) is 0 Å². The Kier molecular flexibility index (Phi) is 1.93. The molecule has 1 saturated heterocycles. The molecular formula is C9H17NO3. The topological polar surface area (TPSA) is 64.7 Å². The zero-order valence-electron chi connectivity index (χ0n) is 8.12. The summed E-state index contributed by atoms with van der Waals surface area (Å²) in [7, 11) is 0. The van der Waals surface area contributed by atoms with Crippen LogP contribution in [0.2, 0.25) is 0 Å². The van der Waals surface area contributed by atoms with Crippen molar-refractivity contribution in [3.63, 3.8) is 0 Å². The van der Waals surface area contributed by atoms with Crippen LogP contribution in [0.1, 0.15) is 26.7 Å². The Hall–Kier alpha value is -0.160. The Balaban J connectivity index is 2.22. The second-order valence-electron chi connectivity index (χ2n) is 4.57. The van der Waals surface area contributed by atoms with Crippen molar-refractivity contribution < 1.29 is 14.6 Å². The van der Waals surface area contributed by atoms with Crippen molar-refractivity contribution in [2.45, 2.75) is 50.2 Å². The Morgan fingerprint density at radius 3 is 2.77 bits per heavy atom. The van der Waals surface area contributed by atoms with Gasteiger partial charge < -0.3 is 20.3 Å². The highest BCUT2D eigenvalue weighted by Gasteiger charge is 2.53. The van der Waals surface area contributed by atoms with Crippen LogP contribution in [0, 0.1) is 0 Å². The monoisotopic (exact) mass is 187 g/mol. The van der Waals surface area contributed by atoms with Crippen LogP contribution in [0.5, 0.6) is 0 Å². The van der Waals surface area contributed by atoms with E-state index in [1.165, 1.54) is 0 Å². The Morgan fingerprint density at radius 1 is 1.46 bits per heavy atom. The van der Waals surface area contributed by atoms with E-state index in [2.05, 4.69) is 0 Å². The van der Waals surface area contributed by atoms with Crippen molar-refractivity contribution in [3.05, 3.63) is 0 Å². The fraction of sp³-hybridized carbons (Fsp3) is 1.00. The molecule has 0 aromatic heterocycles. The maximum absolute atomic E-state index is 9.28. The molecule has 0 aromatic carbocycles. The van der Waals surface area contributed by atoms with Crippen LogP contribution in [-0.4, -0.2) is 35.2 Å². The van der Waals surface area contributed by atoms with Crippen LogP contribution in [0.3, 0.4) is 0 Å². The van der Waals surface area contributed by atoms with Crippen molar-refractivity contribution in [2.75, 3.05) is 6.61 Å². The molecule has 13 heavy (non-hydrogen) atoms. The lowest BCUT2D eigenvalue weighted by atomic mass is 10.0. The van der Waals surface area contributed by atoms with E-state index < -0.39 is 11.4 Å². The van der Waals surface area contributed by atoms with Gasteiger partial charge in [0.15, 0.2) is 5.79 Å². The molecule has 1 aliphatic carbocycles. The van der Waals surface area contributed by atoms with Crippen molar-refractivity contribution in [1.29, 1.82) is 0 Å². The minimum atomic E-state index is -0.611. The summed E-state index contributed by atoms with van der Waals surface area (Å²) in [5.41, 5.74) is 5.43. The fourth-order valence-corrected chi connectivity index (χ4v) is 2.45. The molecule has 1 aliphatic heterocycles. The fourth-order valence-electron chi connectivity index (χ4n) is 2.45. The van der Waals surface area contributed by atoms with Crippen molar-refractivity contribution >= 4 is 0 Å². The number of hydrogen-bond donors (Lipinski definition) is 2. The van der Waals surface area contributed by atoms with Gasteiger partial charge >= 0.3 is 0 Å². The van der Waals surface area contributed by atoms with Crippen LogP contribution in [-0.2, 0) is 9.47 Å². The van der Waals surface area contributed by atoms with E-state index in [9.17, 15) is 5.11 Å². The molecule has 2 fully saturated rings. The third-order valence-electron chi connectivity index (χ3n) is 2.84. The molecule has 4 nitrogen and oxygen atoms in total. The normalized spacial score (nSPS) is 48.0. The molecule has 76 valence electrons. The second kappa shape index (κ2) is 2.67. The Labute approximate surface area is 78.0 Å². The predicted molar refractivity (Wildman–Crippen MR) is 47.1 cm³/mol. The number of hydrogen-bond acceptors (Lipinski definition) is 4. The predicted octanol–water partition coefficient (Wildman–Crippen LogP) is -0.00990. The van der Waals surface area contributed by atoms with Gasteiger partial charge in [-0.3, -0.25) is 0 Å². The highest BCUT2D eigenvalue weighted by molar-refractivity contribution is 5.02. The molecule has 2 bridgehead atoms. The second-order valence-corrected chi connectivity index (χ2v) is 4.57. The first-order valence-corrected chi connectivity index (χ1v) is 4.71. The van der Waals surface area contributed by atoms with Crippen LogP contribution >= 0.6 is 0 Å². The van der Waals surface area contributed by atoms with Gasteiger partial charge in [-0.25, -0.2) is 0 Å². The number of aliphatic hydroxyl groups excluding tert-OH is 1. The zero-order valence-corrected chi connectivity index (χ0v) is 8.12. The number of aliphatic hydroxyl groups is 1. The minimum Gasteiger partial charge on any atom is -0.393 e. The van der Waals surface area contributed by atoms with Gasteiger partial charge in [-0.2, -0.15) is 0 Å². The van der Waals surface area contributed by atoms with E-state index in [4.69, 9.17) is 15.2 Å². The summed E-state index contributed by atoms with van der Waals surface area (Å²) in [5, 5.41) is 9.28. The summed E-state index contributed by atoms with van der Waals surface area (Å²) in [4.78, 5) is 0. The number of nitrogens with two attached hydrogens (primary N) is 1. The van der Waals surface area contributed by atoms with Gasteiger partial charge in [0.05, 0.1) is 18.3 Å². The van der Waals surface area contributed by atoms with E-state index in [0.717, 1.165) is 0 Å². The lowest BCUT2D eigenvalue weighted by Gasteiger charge is -2.41. The quantitative estimate of drug-likeness (QED) is 0.606. The van der Waals surface area contributed by atoms with Crippen LogP contribution in [0.25, 0.3) is 0 Å². The Bertz CT molecular complexity index is 215. The van der Waals surface area contributed by atoms with E-state index in [-0.39, 0.29) is 18.8 Å². The summed E-state index contributed by atoms with van der Waals surface area (Å²) in [6.07, 6.45) is 1.45. The smallest absolute Gasteiger partial charge is 0.164 e. The van der Waals surface area contributed by atoms with E-state index in [1.807, 2.05) is 13.8 Å². The van der Waals surface area contributed by atoms with Crippen LogP contribution < -0.4 is 5.73 Å². The zero-order chi connectivity index (χ0) is 9.69. The average molecular weight is 187 g/mol. The number of fused-ring (bicyclic) bond motifs is 2. The lowest BCUT2D eigenvalue weighted by molar-refractivity contribution is -0.318.